The molecular formula is C22H24N2O. The van der Waals surface area contributed by atoms with Crippen LogP contribution in [0, 0.1) is 5.92 Å². The van der Waals surface area contributed by atoms with Gasteiger partial charge in [-0.25, -0.2) is 0 Å². The number of carbonyl (C=O) groups is 1. The molecule has 3 heteroatoms. The minimum absolute atomic E-state index is 0.176. The monoisotopic (exact) mass is 332 g/mol. The van der Waals surface area contributed by atoms with Crippen molar-refractivity contribution in [1.82, 2.24) is 9.47 Å². The Labute approximate surface area is 148 Å². The maximum absolute atomic E-state index is 13.1. The van der Waals surface area contributed by atoms with Crippen LogP contribution in [-0.4, -0.2) is 28.5 Å². The second kappa shape index (κ2) is 6.75. The maximum atomic E-state index is 13.1. The Hall–Kier alpha value is -2.55. The minimum atomic E-state index is 0.176. The number of amides is 1. The molecule has 4 rings (SSSR count). The highest BCUT2D eigenvalue weighted by molar-refractivity contribution is 6.07. The highest BCUT2D eigenvalue weighted by Gasteiger charge is 2.24. The zero-order chi connectivity index (χ0) is 17.2. The van der Waals surface area contributed by atoms with E-state index in [1.54, 1.807) is 0 Å². The first-order valence-corrected chi connectivity index (χ1v) is 9.13. The van der Waals surface area contributed by atoms with Crippen LogP contribution in [-0.2, 0) is 6.54 Å². The molecule has 0 saturated carbocycles. The van der Waals surface area contributed by atoms with Crippen LogP contribution >= 0.6 is 0 Å². The van der Waals surface area contributed by atoms with Crippen molar-refractivity contribution in [3.63, 3.8) is 0 Å². The smallest absolute Gasteiger partial charge is 0.256 e. The molecule has 3 aromatic rings. The minimum Gasteiger partial charge on any atom is -0.342 e. The summed E-state index contributed by atoms with van der Waals surface area (Å²) in [5.41, 5.74) is 3.20. The Morgan fingerprint density at radius 2 is 1.84 bits per heavy atom. The Bertz CT molecular complexity index is 881. The Kier molecular flexibility index (Phi) is 4.31. The van der Waals surface area contributed by atoms with E-state index in [-0.39, 0.29) is 5.91 Å². The van der Waals surface area contributed by atoms with E-state index in [0.717, 1.165) is 42.5 Å². The van der Waals surface area contributed by atoms with Crippen molar-refractivity contribution >= 4 is 16.8 Å². The number of hydrogen-bond donors (Lipinski definition) is 0. The van der Waals surface area contributed by atoms with E-state index in [0.29, 0.717) is 5.92 Å². The number of rotatable bonds is 3. The highest BCUT2D eigenvalue weighted by atomic mass is 16.2. The number of para-hydroxylation sites is 1. The van der Waals surface area contributed by atoms with Gasteiger partial charge in [0.25, 0.3) is 5.91 Å². The molecule has 3 nitrogen and oxygen atoms in total. The second-order valence-electron chi connectivity index (χ2n) is 7.17. The summed E-state index contributed by atoms with van der Waals surface area (Å²) in [5, 5.41) is 1.06. The first-order chi connectivity index (χ1) is 12.2. The van der Waals surface area contributed by atoms with Gasteiger partial charge in [0.1, 0.15) is 0 Å². The van der Waals surface area contributed by atoms with Gasteiger partial charge in [0.2, 0.25) is 0 Å². The number of likely N-dealkylation sites (tertiary alicyclic amines) is 1. The molecule has 1 aliphatic heterocycles. The highest BCUT2D eigenvalue weighted by Crippen LogP contribution is 2.26. The van der Waals surface area contributed by atoms with Crippen LogP contribution in [0.3, 0.4) is 0 Å². The normalized spacial score (nSPS) is 17.8. The summed E-state index contributed by atoms with van der Waals surface area (Å²) in [6.07, 6.45) is 4.37. The van der Waals surface area contributed by atoms with Crippen molar-refractivity contribution in [2.75, 3.05) is 13.1 Å². The van der Waals surface area contributed by atoms with Crippen molar-refractivity contribution < 1.29 is 4.79 Å². The van der Waals surface area contributed by atoms with Crippen LogP contribution in [0.4, 0.5) is 0 Å². The van der Waals surface area contributed by atoms with Crippen molar-refractivity contribution in [1.29, 1.82) is 0 Å². The lowest BCUT2D eigenvalue weighted by Crippen LogP contribution is -2.39. The number of hydrogen-bond acceptors (Lipinski definition) is 1. The lowest BCUT2D eigenvalue weighted by Gasteiger charge is -2.30. The maximum Gasteiger partial charge on any atom is 0.256 e. The van der Waals surface area contributed by atoms with Crippen molar-refractivity contribution in [2.45, 2.75) is 26.3 Å². The fourth-order valence-electron chi connectivity index (χ4n) is 3.87. The third-order valence-corrected chi connectivity index (χ3v) is 5.16. The molecule has 2 heterocycles. The van der Waals surface area contributed by atoms with E-state index in [9.17, 15) is 4.79 Å². The topological polar surface area (TPSA) is 25.2 Å². The molecule has 1 aromatic heterocycles. The van der Waals surface area contributed by atoms with Gasteiger partial charge in [0.05, 0.1) is 5.56 Å². The molecule has 1 aliphatic rings. The fourth-order valence-corrected chi connectivity index (χ4v) is 3.87. The molecule has 1 amide bonds. The van der Waals surface area contributed by atoms with E-state index >= 15 is 0 Å². The molecule has 128 valence electrons. The van der Waals surface area contributed by atoms with Crippen molar-refractivity contribution in [3.05, 3.63) is 71.9 Å². The number of piperidine rings is 1. The zero-order valence-corrected chi connectivity index (χ0v) is 14.7. The molecule has 2 aromatic carbocycles. The fraction of sp³-hybridized carbons (Fsp3) is 0.318. The molecular weight excluding hydrogens is 308 g/mol. The van der Waals surface area contributed by atoms with Gasteiger partial charge in [-0.2, -0.15) is 0 Å². The number of aromatic nitrogens is 1. The summed E-state index contributed by atoms with van der Waals surface area (Å²) in [7, 11) is 0. The molecule has 1 atom stereocenters. The van der Waals surface area contributed by atoms with Gasteiger partial charge in [0.15, 0.2) is 0 Å². The Balaban J connectivity index is 1.71. The molecule has 0 unspecified atom stereocenters. The lowest BCUT2D eigenvalue weighted by molar-refractivity contribution is 0.0685. The van der Waals surface area contributed by atoms with Gasteiger partial charge in [-0.15, -0.1) is 0 Å². The summed E-state index contributed by atoms with van der Waals surface area (Å²) in [6.45, 7) is 4.77. The summed E-state index contributed by atoms with van der Waals surface area (Å²) < 4.78 is 2.20. The Morgan fingerprint density at radius 1 is 1.08 bits per heavy atom. The summed E-state index contributed by atoms with van der Waals surface area (Å²) in [4.78, 5) is 15.2. The summed E-state index contributed by atoms with van der Waals surface area (Å²) >= 11 is 0. The average molecular weight is 332 g/mol. The van der Waals surface area contributed by atoms with Crippen LogP contribution in [0.15, 0.2) is 60.8 Å². The second-order valence-corrected chi connectivity index (χ2v) is 7.17. The molecule has 0 spiro atoms. The predicted octanol–water partition coefficient (Wildman–Crippen LogP) is 4.56. The van der Waals surface area contributed by atoms with Gasteiger partial charge in [0, 0.05) is 36.7 Å². The van der Waals surface area contributed by atoms with Crippen LogP contribution in [0.25, 0.3) is 10.9 Å². The SMILES string of the molecule is C[C@@H]1CCCN(C(=O)c2cn(Cc3ccccc3)c3ccccc23)C1. The van der Waals surface area contributed by atoms with E-state index < -0.39 is 0 Å². The molecule has 25 heavy (non-hydrogen) atoms. The van der Waals surface area contributed by atoms with E-state index in [1.165, 1.54) is 12.0 Å². The summed E-state index contributed by atoms with van der Waals surface area (Å²) in [5.74, 6) is 0.768. The third kappa shape index (κ3) is 3.19. The largest absolute Gasteiger partial charge is 0.342 e. The first-order valence-electron chi connectivity index (χ1n) is 9.13. The average Bonchev–Trinajstić information content (AvgIpc) is 3.01. The molecule has 0 N–H and O–H groups in total. The van der Waals surface area contributed by atoms with E-state index in [2.05, 4.69) is 47.9 Å². The number of carbonyl (C=O) groups excluding carboxylic acids is 1. The van der Waals surface area contributed by atoms with E-state index in [1.807, 2.05) is 29.3 Å². The van der Waals surface area contributed by atoms with Gasteiger partial charge in [-0.05, 0) is 30.4 Å². The number of nitrogens with zero attached hydrogens (tertiary/aromatic N) is 2. The van der Waals surface area contributed by atoms with Gasteiger partial charge in [-0.3, -0.25) is 4.79 Å². The van der Waals surface area contributed by atoms with Crippen LogP contribution in [0.1, 0.15) is 35.7 Å². The number of benzene rings is 2. The van der Waals surface area contributed by atoms with Crippen LogP contribution in [0.2, 0.25) is 0 Å². The zero-order valence-electron chi connectivity index (χ0n) is 14.7. The first kappa shape index (κ1) is 15.9. The third-order valence-electron chi connectivity index (χ3n) is 5.16. The van der Waals surface area contributed by atoms with Gasteiger partial charge >= 0.3 is 0 Å². The predicted molar refractivity (Wildman–Crippen MR) is 102 cm³/mol. The quantitative estimate of drug-likeness (QED) is 0.690. The van der Waals surface area contributed by atoms with Gasteiger partial charge in [-0.1, -0.05) is 55.5 Å². The molecule has 0 aliphatic carbocycles. The number of fused-ring (bicyclic) bond motifs is 1. The van der Waals surface area contributed by atoms with Gasteiger partial charge < -0.3 is 9.47 Å². The van der Waals surface area contributed by atoms with Crippen LogP contribution in [0.5, 0.6) is 0 Å². The Morgan fingerprint density at radius 3 is 2.64 bits per heavy atom. The van der Waals surface area contributed by atoms with Crippen molar-refractivity contribution in [3.8, 4) is 0 Å². The molecule has 0 bridgehead atoms. The molecule has 1 fully saturated rings. The van der Waals surface area contributed by atoms with Crippen LogP contribution < -0.4 is 0 Å². The molecule has 1 saturated heterocycles. The summed E-state index contributed by atoms with van der Waals surface area (Å²) in [6, 6.07) is 18.6. The standard InChI is InChI=1S/C22H24N2O/c1-17-8-7-13-23(14-17)22(25)20-16-24(15-18-9-3-2-4-10-18)21-12-6-5-11-19(20)21/h2-6,9-12,16-17H,7-8,13-15H2,1H3/t17-/m1/s1. The lowest BCUT2D eigenvalue weighted by atomic mass is 9.99. The molecule has 0 radical (unpaired) electrons. The van der Waals surface area contributed by atoms with E-state index in [4.69, 9.17) is 0 Å². The van der Waals surface area contributed by atoms with Crippen molar-refractivity contribution in [2.24, 2.45) is 5.92 Å².